The van der Waals surface area contributed by atoms with Gasteiger partial charge in [-0.05, 0) is 36.4 Å². The van der Waals surface area contributed by atoms with Crippen LogP contribution in [0.1, 0.15) is 25.0 Å². The molecule has 3 nitrogen and oxygen atoms in total. The van der Waals surface area contributed by atoms with Crippen LogP contribution in [0.5, 0.6) is 0 Å². The molecule has 0 bridgehead atoms. The van der Waals surface area contributed by atoms with Crippen LogP contribution in [-0.4, -0.2) is 16.0 Å². The molecule has 0 amide bonds. The van der Waals surface area contributed by atoms with Crippen molar-refractivity contribution < 1.29 is 0 Å². The summed E-state index contributed by atoms with van der Waals surface area (Å²) in [6, 6.07) is 8.81. The van der Waals surface area contributed by atoms with Crippen LogP contribution in [-0.2, 0) is 6.54 Å². The topological polar surface area (TPSA) is 37.8 Å². The highest BCUT2D eigenvalue weighted by Gasteiger charge is 2.07. The molecule has 0 aliphatic heterocycles. The van der Waals surface area contributed by atoms with E-state index in [0.717, 1.165) is 11.7 Å². The van der Waals surface area contributed by atoms with Crippen molar-refractivity contribution in [1.29, 1.82) is 0 Å². The Hall–Kier alpha value is -1.39. The first kappa shape index (κ1) is 14.0. The molecular weight excluding hydrogens is 254 g/mol. The van der Waals surface area contributed by atoms with Gasteiger partial charge in [0.05, 0.1) is 0 Å². The minimum Gasteiger partial charge on any atom is -0.310 e. The number of nitrogens with one attached hydrogen (secondary N) is 1. The third-order valence-electron chi connectivity index (χ3n) is 2.66. The number of aryl methyl sites for hydroxylation is 1. The Bertz CT molecular complexity index is 526. The molecule has 0 saturated carbocycles. The molecule has 4 heteroatoms. The Morgan fingerprint density at radius 1 is 1.21 bits per heavy atom. The van der Waals surface area contributed by atoms with Crippen molar-refractivity contribution in [1.82, 2.24) is 15.3 Å². The molecular formula is C15H19N3S. The molecule has 0 atom stereocenters. The molecule has 1 aromatic carbocycles. The SMILES string of the molecule is Cc1ccc(Sc2ncccn2)c(CNC(C)C)c1. The van der Waals surface area contributed by atoms with Gasteiger partial charge < -0.3 is 5.32 Å². The Morgan fingerprint density at radius 3 is 2.63 bits per heavy atom. The summed E-state index contributed by atoms with van der Waals surface area (Å²) in [5.74, 6) is 0. The third kappa shape index (κ3) is 4.33. The highest BCUT2D eigenvalue weighted by atomic mass is 32.2. The van der Waals surface area contributed by atoms with Crippen LogP contribution in [0.2, 0.25) is 0 Å². The molecule has 1 aromatic heterocycles. The van der Waals surface area contributed by atoms with Gasteiger partial charge in [-0.2, -0.15) is 0 Å². The van der Waals surface area contributed by atoms with E-state index in [1.54, 1.807) is 24.2 Å². The van der Waals surface area contributed by atoms with Gasteiger partial charge in [0, 0.05) is 29.9 Å². The lowest BCUT2D eigenvalue weighted by molar-refractivity contribution is 0.584. The number of hydrogen-bond acceptors (Lipinski definition) is 4. The molecule has 2 rings (SSSR count). The van der Waals surface area contributed by atoms with E-state index in [1.807, 2.05) is 6.07 Å². The van der Waals surface area contributed by atoms with Gasteiger partial charge in [-0.1, -0.05) is 31.5 Å². The number of nitrogens with zero attached hydrogens (tertiary/aromatic N) is 2. The maximum absolute atomic E-state index is 4.26. The van der Waals surface area contributed by atoms with Gasteiger partial charge in [-0.3, -0.25) is 0 Å². The summed E-state index contributed by atoms with van der Waals surface area (Å²) in [7, 11) is 0. The fourth-order valence-electron chi connectivity index (χ4n) is 1.70. The van der Waals surface area contributed by atoms with E-state index in [0.29, 0.717) is 6.04 Å². The normalized spacial score (nSPS) is 10.9. The average molecular weight is 273 g/mol. The first-order valence-electron chi connectivity index (χ1n) is 6.43. The summed E-state index contributed by atoms with van der Waals surface area (Å²) in [5, 5.41) is 4.25. The molecule has 0 fully saturated rings. The van der Waals surface area contributed by atoms with Crippen molar-refractivity contribution in [2.75, 3.05) is 0 Å². The van der Waals surface area contributed by atoms with Gasteiger partial charge in [-0.25, -0.2) is 9.97 Å². The van der Waals surface area contributed by atoms with Gasteiger partial charge in [0.25, 0.3) is 0 Å². The maximum Gasteiger partial charge on any atom is 0.192 e. The van der Waals surface area contributed by atoms with Crippen molar-refractivity contribution in [3.63, 3.8) is 0 Å². The lowest BCUT2D eigenvalue weighted by atomic mass is 10.1. The van der Waals surface area contributed by atoms with Gasteiger partial charge in [0.15, 0.2) is 5.16 Å². The number of benzene rings is 1. The monoisotopic (exact) mass is 273 g/mol. The van der Waals surface area contributed by atoms with Crippen molar-refractivity contribution in [3.8, 4) is 0 Å². The fourth-order valence-corrected chi connectivity index (χ4v) is 2.52. The number of rotatable bonds is 5. The lowest BCUT2D eigenvalue weighted by Gasteiger charge is -2.12. The highest BCUT2D eigenvalue weighted by molar-refractivity contribution is 7.99. The van der Waals surface area contributed by atoms with Crippen molar-refractivity contribution in [3.05, 3.63) is 47.8 Å². The van der Waals surface area contributed by atoms with Crippen LogP contribution in [0.3, 0.4) is 0 Å². The zero-order valence-electron chi connectivity index (χ0n) is 11.6. The zero-order valence-corrected chi connectivity index (χ0v) is 12.4. The molecule has 0 unspecified atom stereocenters. The molecule has 19 heavy (non-hydrogen) atoms. The second-order valence-corrected chi connectivity index (χ2v) is 5.79. The smallest absolute Gasteiger partial charge is 0.192 e. The molecule has 0 saturated heterocycles. The summed E-state index contributed by atoms with van der Waals surface area (Å²) in [6.07, 6.45) is 3.55. The van der Waals surface area contributed by atoms with E-state index >= 15 is 0 Å². The molecule has 0 aliphatic rings. The van der Waals surface area contributed by atoms with Crippen LogP contribution < -0.4 is 5.32 Å². The van der Waals surface area contributed by atoms with E-state index < -0.39 is 0 Å². The summed E-state index contributed by atoms with van der Waals surface area (Å²) in [4.78, 5) is 9.74. The standard InChI is InChI=1S/C15H19N3S/c1-11(2)18-10-13-9-12(3)5-6-14(13)19-15-16-7-4-8-17-15/h4-9,11,18H,10H2,1-3H3. The van der Waals surface area contributed by atoms with E-state index in [-0.39, 0.29) is 0 Å². The summed E-state index contributed by atoms with van der Waals surface area (Å²) in [5.41, 5.74) is 2.57. The van der Waals surface area contributed by atoms with Crippen LogP contribution in [0.4, 0.5) is 0 Å². The molecule has 1 N–H and O–H groups in total. The zero-order chi connectivity index (χ0) is 13.7. The van der Waals surface area contributed by atoms with E-state index in [2.05, 4.69) is 54.3 Å². The Morgan fingerprint density at radius 2 is 1.95 bits per heavy atom. The van der Waals surface area contributed by atoms with Crippen LogP contribution >= 0.6 is 11.8 Å². The molecule has 0 aliphatic carbocycles. The summed E-state index contributed by atoms with van der Waals surface area (Å²) < 4.78 is 0. The van der Waals surface area contributed by atoms with Gasteiger partial charge >= 0.3 is 0 Å². The Kier molecular flexibility index (Phi) is 4.93. The fraction of sp³-hybridized carbons (Fsp3) is 0.333. The van der Waals surface area contributed by atoms with E-state index in [1.165, 1.54) is 16.0 Å². The number of aromatic nitrogens is 2. The predicted octanol–water partition coefficient (Wildman–Crippen LogP) is 3.43. The maximum atomic E-state index is 4.26. The first-order chi connectivity index (χ1) is 9.15. The van der Waals surface area contributed by atoms with E-state index in [4.69, 9.17) is 0 Å². The minimum atomic E-state index is 0.478. The molecule has 2 aromatic rings. The third-order valence-corrected chi connectivity index (χ3v) is 3.67. The summed E-state index contributed by atoms with van der Waals surface area (Å²) in [6.45, 7) is 7.30. The van der Waals surface area contributed by atoms with Crippen molar-refractivity contribution in [2.24, 2.45) is 0 Å². The molecule has 100 valence electrons. The Labute approximate surface area is 118 Å². The quantitative estimate of drug-likeness (QED) is 0.847. The first-order valence-corrected chi connectivity index (χ1v) is 7.24. The number of hydrogen-bond donors (Lipinski definition) is 1. The highest BCUT2D eigenvalue weighted by Crippen LogP contribution is 2.28. The average Bonchev–Trinajstić information content (AvgIpc) is 2.40. The predicted molar refractivity (Wildman–Crippen MR) is 79.3 cm³/mol. The minimum absolute atomic E-state index is 0.478. The Balaban J connectivity index is 2.19. The van der Waals surface area contributed by atoms with E-state index in [9.17, 15) is 0 Å². The van der Waals surface area contributed by atoms with Gasteiger partial charge in [-0.15, -0.1) is 0 Å². The lowest BCUT2D eigenvalue weighted by Crippen LogP contribution is -2.22. The largest absolute Gasteiger partial charge is 0.310 e. The van der Waals surface area contributed by atoms with Gasteiger partial charge in [0.2, 0.25) is 0 Å². The molecule has 0 radical (unpaired) electrons. The summed E-state index contributed by atoms with van der Waals surface area (Å²) >= 11 is 1.61. The van der Waals surface area contributed by atoms with Crippen molar-refractivity contribution in [2.45, 2.75) is 43.4 Å². The van der Waals surface area contributed by atoms with Gasteiger partial charge in [0.1, 0.15) is 0 Å². The second kappa shape index (κ2) is 6.68. The molecule has 0 spiro atoms. The van der Waals surface area contributed by atoms with Crippen LogP contribution in [0, 0.1) is 6.92 Å². The van der Waals surface area contributed by atoms with Crippen LogP contribution in [0.15, 0.2) is 46.7 Å². The molecule has 1 heterocycles. The van der Waals surface area contributed by atoms with Crippen LogP contribution in [0.25, 0.3) is 0 Å². The van der Waals surface area contributed by atoms with Crippen molar-refractivity contribution >= 4 is 11.8 Å². The second-order valence-electron chi connectivity index (χ2n) is 4.78.